The Kier molecular flexibility index (Phi) is 1.95. The highest BCUT2D eigenvalue weighted by Crippen LogP contribution is 2.28. The summed E-state index contributed by atoms with van der Waals surface area (Å²) in [7, 11) is 0. The fourth-order valence-electron chi connectivity index (χ4n) is 2.23. The molecule has 0 bridgehead atoms. The van der Waals surface area contributed by atoms with Crippen LogP contribution in [-0.4, -0.2) is 11.2 Å². The van der Waals surface area contributed by atoms with Gasteiger partial charge in [0.15, 0.2) is 0 Å². The molecule has 1 aliphatic rings. The van der Waals surface area contributed by atoms with Gasteiger partial charge in [-0.25, -0.2) is 4.39 Å². The molecule has 0 saturated heterocycles. The zero-order valence-corrected chi connectivity index (χ0v) is 8.53. The Labute approximate surface area is 91.7 Å². The minimum absolute atomic E-state index is 0.312. The lowest BCUT2D eigenvalue weighted by Crippen LogP contribution is -2.16. The van der Waals surface area contributed by atoms with Crippen LogP contribution in [0.1, 0.15) is 11.3 Å². The summed E-state index contributed by atoms with van der Waals surface area (Å²) in [4.78, 5) is 0. The molecular weight excluding hydrogens is 207 g/mol. The highest BCUT2D eigenvalue weighted by molar-refractivity contribution is 5.88. The van der Waals surface area contributed by atoms with Gasteiger partial charge in [0.05, 0.1) is 24.5 Å². The Balaban J connectivity index is 2.43. The van der Waals surface area contributed by atoms with E-state index in [9.17, 15) is 4.39 Å². The first-order valence-corrected chi connectivity index (χ1v) is 5.09. The number of halogens is 1. The zero-order chi connectivity index (χ0) is 11.1. The van der Waals surface area contributed by atoms with E-state index in [2.05, 4.69) is 6.07 Å². The molecule has 0 radical (unpaired) electrons. The molecular formula is C12H9FN2O. The van der Waals surface area contributed by atoms with Crippen molar-refractivity contribution >= 4 is 10.9 Å². The second-order valence-electron chi connectivity index (χ2n) is 3.80. The average molecular weight is 216 g/mol. The standard InChI is InChI=1S/C12H9FN2O/c13-8-1-2-11-9(5-8)10(6-14)12-7-16-4-3-15(11)12/h1-2,5H,3-4,7H2. The van der Waals surface area contributed by atoms with E-state index < -0.39 is 0 Å². The molecule has 3 nitrogen and oxygen atoms in total. The Morgan fingerprint density at radius 1 is 1.44 bits per heavy atom. The largest absolute Gasteiger partial charge is 0.373 e. The predicted octanol–water partition coefficient (Wildman–Crippen LogP) is 2.18. The van der Waals surface area contributed by atoms with Gasteiger partial charge >= 0.3 is 0 Å². The highest BCUT2D eigenvalue weighted by Gasteiger charge is 2.20. The van der Waals surface area contributed by atoms with E-state index in [1.165, 1.54) is 12.1 Å². The number of fused-ring (bicyclic) bond motifs is 3. The number of aromatic nitrogens is 1. The van der Waals surface area contributed by atoms with Crippen molar-refractivity contribution in [2.45, 2.75) is 13.2 Å². The smallest absolute Gasteiger partial charge is 0.124 e. The summed E-state index contributed by atoms with van der Waals surface area (Å²) in [5.41, 5.74) is 2.31. The molecule has 1 aliphatic heterocycles. The van der Waals surface area contributed by atoms with E-state index in [1.807, 2.05) is 4.57 Å². The van der Waals surface area contributed by atoms with Crippen molar-refractivity contribution in [1.29, 1.82) is 5.26 Å². The van der Waals surface area contributed by atoms with Crippen LogP contribution in [0.15, 0.2) is 18.2 Å². The van der Waals surface area contributed by atoms with Gasteiger partial charge < -0.3 is 9.30 Å². The third-order valence-corrected chi connectivity index (χ3v) is 2.94. The van der Waals surface area contributed by atoms with E-state index in [0.29, 0.717) is 24.2 Å². The molecule has 0 atom stereocenters. The maximum atomic E-state index is 13.2. The second kappa shape index (κ2) is 3.32. The molecule has 2 heterocycles. The van der Waals surface area contributed by atoms with Crippen LogP contribution in [0.3, 0.4) is 0 Å². The fourth-order valence-corrected chi connectivity index (χ4v) is 2.23. The monoisotopic (exact) mass is 216 g/mol. The topological polar surface area (TPSA) is 38.0 Å². The van der Waals surface area contributed by atoms with E-state index in [4.69, 9.17) is 10.00 Å². The molecule has 0 fully saturated rings. The van der Waals surface area contributed by atoms with Gasteiger partial charge in [-0.1, -0.05) is 0 Å². The van der Waals surface area contributed by atoms with Crippen molar-refractivity contribution in [3.05, 3.63) is 35.3 Å². The molecule has 2 aromatic rings. The number of nitrogens with zero attached hydrogens (tertiary/aromatic N) is 2. The number of nitriles is 1. The minimum atomic E-state index is -0.312. The van der Waals surface area contributed by atoms with Crippen LogP contribution in [0.2, 0.25) is 0 Å². The third kappa shape index (κ3) is 1.15. The van der Waals surface area contributed by atoms with Gasteiger partial charge in [0, 0.05) is 17.4 Å². The van der Waals surface area contributed by atoms with Crippen molar-refractivity contribution < 1.29 is 9.13 Å². The Morgan fingerprint density at radius 2 is 2.31 bits per heavy atom. The Morgan fingerprint density at radius 3 is 3.12 bits per heavy atom. The van der Waals surface area contributed by atoms with Crippen LogP contribution < -0.4 is 0 Å². The van der Waals surface area contributed by atoms with Crippen LogP contribution >= 0.6 is 0 Å². The van der Waals surface area contributed by atoms with Crippen molar-refractivity contribution in [2.75, 3.05) is 6.61 Å². The average Bonchev–Trinajstić information content (AvgIpc) is 2.61. The maximum absolute atomic E-state index is 13.2. The van der Waals surface area contributed by atoms with Gasteiger partial charge in [0.25, 0.3) is 0 Å². The summed E-state index contributed by atoms with van der Waals surface area (Å²) in [6.45, 7) is 1.79. The molecule has 0 spiro atoms. The molecule has 16 heavy (non-hydrogen) atoms. The van der Waals surface area contributed by atoms with Crippen LogP contribution in [0.25, 0.3) is 10.9 Å². The fraction of sp³-hybridized carbons (Fsp3) is 0.250. The van der Waals surface area contributed by atoms with Crippen LogP contribution in [0, 0.1) is 17.1 Å². The zero-order valence-electron chi connectivity index (χ0n) is 8.53. The predicted molar refractivity (Wildman–Crippen MR) is 56.3 cm³/mol. The van der Waals surface area contributed by atoms with E-state index in [1.54, 1.807) is 6.07 Å². The van der Waals surface area contributed by atoms with E-state index >= 15 is 0 Å². The van der Waals surface area contributed by atoms with E-state index in [0.717, 1.165) is 17.8 Å². The van der Waals surface area contributed by atoms with Crippen molar-refractivity contribution in [3.63, 3.8) is 0 Å². The molecule has 4 heteroatoms. The van der Waals surface area contributed by atoms with Gasteiger partial charge in [-0.2, -0.15) is 5.26 Å². The minimum Gasteiger partial charge on any atom is -0.373 e. The quantitative estimate of drug-likeness (QED) is 0.677. The number of hydrogen-bond donors (Lipinski definition) is 0. The van der Waals surface area contributed by atoms with E-state index in [-0.39, 0.29) is 5.82 Å². The normalized spacial score (nSPS) is 14.8. The Bertz CT molecular complexity index is 609. The van der Waals surface area contributed by atoms with Gasteiger partial charge in [-0.3, -0.25) is 0 Å². The number of hydrogen-bond acceptors (Lipinski definition) is 2. The van der Waals surface area contributed by atoms with Gasteiger partial charge in [0.1, 0.15) is 11.9 Å². The summed E-state index contributed by atoms with van der Waals surface area (Å²) in [6, 6.07) is 6.70. The maximum Gasteiger partial charge on any atom is 0.124 e. The first-order valence-electron chi connectivity index (χ1n) is 5.09. The molecule has 3 rings (SSSR count). The molecule has 1 aromatic carbocycles. The lowest BCUT2D eigenvalue weighted by atomic mass is 10.1. The van der Waals surface area contributed by atoms with Crippen LogP contribution in [0.4, 0.5) is 4.39 Å². The van der Waals surface area contributed by atoms with Crippen molar-refractivity contribution in [1.82, 2.24) is 4.57 Å². The van der Waals surface area contributed by atoms with Crippen LogP contribution in [-0.2, 0) is 17.9 Å². The molecule has 0 unspecified atom stereocenters. The molecule has 0 amide bonds. The summed E-state index contributed by atoms with van der Waals surface area (Å²) in [5, 5.41) is 9.81. The molecule has 1 aromatic heterocycles. The first-order chi connectivity index (χ1) is 7.81. The van der Waals surface area contributed by atoms with Crippen LogP contribution in [0.5, 0.6) is 0 Å². The number of benzene rings is 1. The van der Waals surface area contributed by atoms with Crippen molar-refractivity contribution in [3.8, 4) is 6.07 Å². The summed E-state index contributed by atoms with van der Waals surface area (Å²) in [6.07, 6.45) is 0. The SMILES string of the molecule is N#Cc1c2n(c3ccc(F)cc13)CCOC2. The lowest BCUT2D eigenvalue weighted by molar-refractivity contribution is 0.0863. The van der Waals surface area contributed by atoms with Gasteiger partial charge in [-0.15, -0.1) is 0 Å². The summed E-state index contributed by atoms with van der Waals surface area (Å²) in [5.74, 6) is -0.312. The second-order valence-corrected chi connectivity index (χ2v) is 3.80. The Hall–Kier alpha value is -1.86. The molecule has 0 saturated carbocycles. The number of rotatable bonds is 0. The summed E-state index contributed by atoms with van der Waals surface area (Å²) >= 11 is 0. The van der Waals surface area contributed by atoms with Gasteiger partial charge in [0.2, 0.25) is 0 Å². The summed E-state index contributed by atoms with van der Waals surface area (Å²) < 4.78 is 20.5. The highest BCUT2D eigenvalue weighted by atomic mass is 19.1. The third-order valence-electron chi connectivity index (χ3n) is 2.94. The molecule has 0 N–H and O–H groups in total. The van der Waals surface area contributed by atoms with Gasteiger partial charge in [-0.05, 0) is 18.2 Å². The first kappa shape index (κ1) is 9.37. The lowest BCUT2D eigenvalue weighted by Gasteiger charge is -2.16. The number of ether oxygens (including phenoxy) is 1. The van der Waals surface area contributed by atoms with Crippen molar-refractivity contribution in [2.24, 2.45) is 0 Å². The molecule has 0 aliphatic carbocycles. The molecule has 80 valence electrons.